The van der Waals surface area contributed by atoms with Gasteiger partial charge >= 0.3 is 0 Å². The van der Waals surface area contributed by atoms with Gasteiger partial charge in [-0.25, -0.2) is 0 Å². The molecule has 1 rings (SSSR count). The summed E-state index contributed by atoms with van der Waals surface area (Å²) in [5, 5.41) is 2.66. The van der Waals surface area contributed by atoms with E-state index < -0.39 is 11.5 Å². The van der Waals surface area contributed by atoms with Crippen molar-refractivity contribution in [2.24, 2.45) is 11.1 Å². The van der Waals surface area contributed by atoms with E-state index in [1.54, 1.807) is 0 Å². The second-order valence-electron chi connectivity index (χ2n) is 6.40. The Kier molecular flexibility index (Phi) is 9.97. The lowest BCUT2D eigenvalue weighted by Gasteiger charge is -2.21. The lowest BCUT2D eigenvalue weighted by Crippen LogP contribution is -2.40. The van der Waals surface area contributed by atoms with E-state index in [-0.39, 0.29) is 14.5 Å². The van der Waals surface area contributed by atoms with Gasteiger partial charge in [0.25, 0.3) is 0 Å². The highest BCUT2D eigenvalue weighted by atomic mass is 16.5. The Morgan fingerprint density at radius 2 is 1.75 bits per heavy atom. The smallest absolute Gasteiger partial charge is 0.216 e. The minimum absolute atomic E-state index is 0. The van der Waals surface area contributed by atoms with Crippen molar-refractivity contribution in [1.82, 2.24) is 5.32 Å². The molecule has 5 nitrogen and oxygen atoms in total. The highest BCUT2D eigenvalue weighted by Crippen LogP contribution is 2.19. The first-order chi connectivity index (χ1) is 11.2. The van der Waals surface area contributed by atoms with Gasteiger partial charge in [-0.3, -0.25) is 9.59 Å². The molecule has 0 fully saturated rings. The Bertz CT molecular complexity index is 515. The first kappa shape index (κ1) is 22.1. The van der Waals surface area contributed by atoms with E-state index in [0.717, 1.165) is 11.3 Å². The third-order valence-electron chi connectivity index (χ3n) is 3.20. The van der Waals surface area contributed by atoms with Gasteiger partial charge in [0.05, 0.1) is 12.6 Å². The first-order valence-electron chi connectivity index (χ1n) is 8.46. The SMILES string of the molecule is CC.CC(=O)NCCOc1ccc(CC(N)C(=O)C(C)(C)C)cc1.[HH].[HH]. The van der Waals surface area contributed by atoms with Crippen LogP contribution in [0, 0.1) is 5.41 Å². The molecule has 0 heterocycles. The molecular formula is C19H36N2O3. The van der Waals surface area contributed by atoms with Crippen LogP contribution >= 0.6 is 0 Å². The fourth-order valence-corrected chi connectivity index (χ4v) is 2.02. The maximum absolute atomic E-state index is 12.1. The van der Waals surface area contributed by atoms with Crippen molar-refractivity contribution < 1.29 is 17.2 Å². The summed E-state index contributed by atoms with van der Waals surface area (Å²) in [5.41, 5.74) is 6.55. The molecule has 24 heavy (non-hydrogen) atoms. The van der Waals surface area contributed by atoms with Crippen LogP contribution in [0.3, 0.4) is 0 Å². The highest BCUT2D eigenvalue weighted by Gasteiger charge is 2.26. The molecular weight excluding hydrogens is 304 g/mol. The number of carbonyl (C=O) groups is 2. The van der Waals surface area contributed by atoms with Crippen LogP contribution in [0.5, 0.6) is 5.75 Å². The van der Waals surface area contributed by atoms with Gasteiger partial charge in [-0.2, -0.15) is 0 Å². The van der Waals surface area contributed by atoms with Crippen molar-refractivity contribution in [2.45, 2.75) is 54.0 Å². The lowest BCUT2D eigenvalue weighted by atomic mass is 9.85. The van der Waals surface area contributed by atoms with Crippen LogP contribution in [0.2, 0.25) is 0 Å². The van der Waals surface area contributed by atoms with E-state index in [4.69, 9.17) is 10.5 Å². The Hall–Kier alpha value is -1.88. The maximum atomic E-state index is 12.1. The molecule has 1 aromatic rings. The second kappa shape index (κ2) is 10.8. The monoisotopic (exact) mass is 340 g/mol. The molecule has 5 heteroatoms. The summed E-state index contributed by atoms with van der Waals surface area (Å²) in [5.74, 6) is 0.712. The maximum Gasteiger partial charge on any atom is 0.216 e. The van der Waals surface area contributed by atoms with Gasteiger partial charge in [-0.05, 0) is 24.1 Å². The molecule has 1 aromatic carbocycles. The van der Waals surface area contributed by atoms with Gasteiger partial charge < -0.3 is 15.8 Å². The zero-order chi connectivity index (χ0) is 18.8. The third-order valence-corrected chi connectivity index (χ3v) is 3.20. The number of hydrogen-bond donors (Lipinski definition) is 2. The summed E-state index contributed by atoms with van der Waals surface area (Å²) < 4.78 is 5.51. The van der Waals surface area contributed by atoms with Crippen molar-refractivity contribution in [2.75, 3.05) is 13.2 Å². The predicted molar refractivity (Wildman–Crippen MR) is 102 cm³/mol. The van der Waals surface area contributed by atoms with Crippen molar-refractivity contribution in [3.63, 3.8) is 0 Å². The van der Waals surface area contributed by atoms with Crippen LogP contribution in [0.4, 0.5) is 0 Å². The third kappa shape index (κ3) is 8.67. The minimum atomic E-state index is -0.494. The summed E-state index contributed by atoms with van der Waals surface area (Å²) in [6, 6.07) is 7.01. The van der Waals surface area contributed by atoms with Crippen LogP contribution in [0.25, 0.3) is 0 Å². The van der Waals surface area contributed by atoms with E-state index in [1.807, 2.05) is 58.9 Å². The van der Waals surface area contributed by atoms with Gasteiger partial charge in [-0.15, -0.1) is 0 Å². The summed E-state index contributed by atoms with van der Waals surface area (Å²) in [7, 11) is 0. The van der Waals surface area contributed by atoms with E-state index in [2.05, 4.69) is 5.32 Å². The number of nitrogens with one attached hydrogen (secondary N) is 1. The van der Waals surface area contributed by atoms with Gasteiger partial charge in [-0.1, -0.05) is 46.8 Å². The van der Waals surface area contributed by atoms with E-state index in [1.165, 1.54) is 6.92 Å². The van der Waals surface area contributed by atoms with Gasteiger partial charge in [0, 0.05) is 15.2 Å². The molecule has 0 aliphatic heterocycles. The molecule has 0 aromatic heterocycles. The molecule has 1 unspecified atom stereocenters. The fourth-order valence-electron chi connectivity index (χ4n) is 2.02. The number of ketones is 1. The summed E-state index contributed by atoms with van der Waals surface area (Å²) in [6.07, 6.45) is 0.516. The molecule has 0 saturated heterocycles. The van der Waals surface area contributed by atoms with Crippen LogP contribution in [-0.4, -0.2) is 30.9 Å². The van der Waals surface area contributed by atoms with E-state index >= 15 is 0 Å². The number of hydrogen-bond acceptors (Lipinski definition) is 4. The van der Waals surface area contributed by atoms with Crippen molar-refractivity contribution in [3.05, 3.63) is 29.8 Å². The fraction of sp³-hybridized carbons (Fsp3) is 0.579. The molecule has 140 valence electrons. The predicted octanol–water partition coefficient (Wildman–Crippen LogP) is 3.20. The normalized spacial score (nSPS) is 11.8. The number of amides is 1. The number of nitrogens with two attached hydrogens (primary N) is 1. The minimum Gasteiger partial charge on any atom is -0.492 e. The average molecular weight is 341 g/mol. The van der Waals surface area contributed by atoms with E-state index in [9.17, 15) is 9.59 Å². The zero-order valence-electron chi connectivity index (χ0n) is 15.8. The topological polar surface area (TPSA) is 81.4 Å². The molecule has 1 amide bonds. The largest absolute Gasteiger partial charge is 0.492 e. The molecule has 0 saturated carbocycles. The molecule has 0 radical (unpaired) electrons. The average Bonchev–Trinajstić information content (AvgIpc) is 2.53. The quantitative estimate of drug-likeness (QED) is 0.747. The summed E-state index contributed by atoms with van der Waals surface area (Å²) >= 11 is 0. The van der Waals surface area contributed by atoms with Crippen LogP contribution in [-0.2, 0) is 16.0 Å². The number of Topliss-reactive ketones (excluding diaryl/α,β-unsaturated/α-hetero) is 1. The molecule has 1 atom stereocenters. The summed E-state index contributed by atoms with van der Waals surface area (Å²) in [4.78, 5) is 22.8. The molecule has 0 aliphatic carbocycles. The molecule has 0 aliphatic rings. The van der Waals surface area contributed by atoms with Gasteiger partial charge in [0.1, 0.15) is 12.4 Å². The van der Waals surface area contributed by atoms with Crippen LogP contribution in [0.1, 0.15) is 50.0 Å². The Balaban J connectivity index is -0.00000127. The van der Waals surface area contributed by atoms with Crippen molar-refractivity contribution in [3.8, 4) is 5.75 Å². The van der Waals surface area contributed by atoms with E-state index in [0.29, 0.717) is 19.6 Å². The van der Waals surface area contributed by atoms with Crippen LogP contribution in [0.15, 0.2) is 24.3 Å². The van der Waals surface area contributed by atoms with Crippen molar-refractivity contribution in [1.29, 1.82) is 0 Å². The number of ether oxygens (including phenoxy) is 1. The number of carbonyl (C=O) groups excluding carboxylic acids is 2. The van der Waals surface area contributed by atoms with Crippen LogP contribution < -0.4 is 15.8 Å². The molecule has 3 N–H and O–H groups in total. The first-order valence-corrected chi connectivity index (χ1v) is 8.46. The Labute approximate surface area is 148 Å². The van der Waals surface area contributed by atoms with Gasteiger partial charge in [0.15, 0.2) is 5.78 Å². The number of rotatable bonds is 7. The highest BCUT2D eigenvalue weighted by molar-refractivity contribution is 5.88. The molecule has 0 spiro atoms. The Morgan fingerprint density at radius 3 is 2.21 bits per heavy atom. The lowest BCUT2D eigenvalue weighted by molar-refractivity contribution is -0.127. The van der Waals surface area contributed by atoms with Crippen molar-refractivity contribution >= 4 is 11.7 Å². The standard InChI is InChI=1S/C17H26N2O3.C2H6.2H2/c1-12(20)19-9-10-22-14-7-5-13(6-8-14)11-15(18)16(21)17(2,3)4;1-2;;/h5-8,15H,9-11,18H2,1-4H3,(H,19,20);1-2H3;2*1H. The Morgan fingerprint density at radius 1 is 1.21 bits per heavy atom. The van der Waals surface area contributed by atoms with Gasteiger partial charge in [0.2, 0.25) is 5.91 Å². The molecule has 0 bridgehead atoms. The second-order valence-corrected chi connectivity index (χ2v) is 6.40. The zero-order valence-corrected chi connectivity index (χ0v) is 15.8. The number of benzene rings is 1. The summed E-state index contributed by atoms with van der Waals surface area (Å²) in [6.45, 7) is 12.0.